The van der Waals surface area contributed by atoms with Gasteiger partial charge in [-0.25, -0.2) is 4.84 Å². The highest BCUT2D eigenvalue weighted by Gasteiger charge is 2.53. The van der Waals surface area contributed by atoms with Crippen molar-refractivity contribution in [3.8, 4) is 0 Å². The molecule has 3 amide bonds. The van der Waals surface area contributed by atoms with Gasteiger partial charge in [-0.15, -0.1) is 0 Å². The van der Waals surface area contributed by atoms with E-state index in [9.17, 15) is 28.8 Å². The van der Waals surface area contributed by atoms with Crippen molar-refractivity contribution >= 4 is 35.6 Å². The van der Waals surface area contributed by atoms with Gasteiger partial charge in [0, 0.05) is 40.5 Å². The Morgan fingerprint density at radius 3 is 1.97 bits per heavy atom. The number of carbonyl (C=O) groups excluding carboxylic acids is 6. The van der Waals surface area contributed by atoms with E-state index in [4.69, 9.17) is 23.8 Å². The quantitative estimate of drug-likeness (QED) is 0.283. The summed E-state index contributed by atoms with van der Waals surface area (Å²) in [6.07, 6.45) is -5.53. The Labute approximate surface area is 177 Å². The third-order valence-corrected chi connectivity index (χ3v) is 4.29. The number of carbonyl (C=O) groups is 6. The third-order valence-electron chi connectivity index (χ3n) is 4.29. The van der Waals surface area contributed by atoms with Gasteiger partial charge in [0.25, 0.3) is 11.8 Å². The van der Waals surface area contributed by atoms with Crippen molar-refractivity contribution in [1.29, 1.82) is 0 Å². The first-order valence-electron chi connectivity index (χ1n) is 9.42. The SMILES string of the molecule is CC(=O)NC1[C@H](ON2C(=O)CCC2=O)OC(COC(C)=O)[C@@H](OC(C)=O)[C@H]1OC(C)=O. The predicted octanol–water partition coefficient (Wildman–Crippen LogP) is -1.28. The van der Waals surface area contributed by atoms with E-state index in [0.717, 1.165) is 20.8 Å². The highest BCUT2D eigenvalue weighted by molar-refractivity contribution is 6.00. The second-order valence-corrected chi connectivity index (χ2v) is 6.91. The number of imide groups is 1. The zero-order chi connectivity index (χ0) is 23.3. The minimum Gasteiger partial charge on any atom is -0.463 e. The first kappa shape index (κ1) is 24.2. The molecule has 0 aromatic carbocycles. The van der Waals surface area contributed by atoms with Crippen LogP contribution in [0.5, 0.6) is 0 Å². The average molecular weight is 444 g/mol. The van der Waals surface area contributed by atoms with E-state index < -0.39 is 72.9 Å². The van der Waals surface area contributed by atoms with Crippen molar-refractivity contribution in [2.75, 3.05) is 6.61 Å². The van der Waals surface area contributed by atoms with Gasteiger partial charge in [0.1, 0.15) is 18.8 Å². The molecule has 1 N–H and O–H groups in total. The lowest BCUT2D eigenvalue weighted by molar-refractivity contribution is -0.322. The van der Waals surface area contributed by atoms with Crippen molar-refractivity contribution in [3.05, 3.63) is 0 Å². The number of hydrogen-bond acceptors (Lipinski definition) is 11. The van der Waals surface area contributed by atoms with Crippen LogP contribution in [0, 0.1) is 0 Å². The molecular formula is C18H24N2O11. The normalized spacial score (nSPS) is 28.1. The summed E-state index contributed by atoms with van der Waals surface area (Å²) in [4.78, 5) is 75.8. The van der Waals surface area contributed by atoms with Crippen LogP contribution in [0.3, 0.4) is 0 Å². The van der Waals surface area contributed by atoms with Gasteiger partial charge in [-0.3, -0.25) is 28.8 Å². The fraction of sp³-hybridized carbons (Fsp3) is 0.667. The molecule has 0 radical (unpaired) electrons. The third kappa shape index (κ3) is 6.46. The second-order valence-electron chi connectivity index (χ2n) is 6.91. The first-order chi connectivity index (χ1) is 14.5. The van der Waals surface area contributed by atoms with Gasteiger partial charge in [-0.1, -0.05) is 0 Å². The van der Waals surface area contributed by atoms with Crippen LogP contribution >= 0.6 is 0 Å². The minimum atomic E-state index is -1.52. The van der Waals surface area contributed by atoms with E-state index in [2.05, 4.69) is 5.32 Å². The standard InChI is InChI=1S/C18H24N2O11/c1-8(21)19-15-17(29-11(4)24)16(28-10(3)23)12(7-27-9(2)22)30-18(15)31-20-13(25)5-6-14(20)26/h12,15-18H,5-7H2,1-4H3,(H,19,21)/t12?,15?,16-,17+,18+/m1/s1. The van der Waals surface area contributed by atoms with Gasteiger partial charge in [0.2, 0.25) is 12.2 Å². The molecule has 0 aromatic heterocycles. The second kappa shape index (κ2) is 10.3. The molecule has 31 heavy (non-hydrogen) atoms. The van der Waals surface area contributed by atoms with Crippen LogP contribution in [0.2, 0.25) is 0 Å². The largest absolute Gasteiger partial charge is 0.463 e. The van der Waals surface area contributed by atoms with Crippen LogP contribution in [0.1, 0.15) is 40.5 Å². The summed E-state index contributed by atoms with van der Waals surface area (Å²) in [5, 5.41) is 2.96. The number of ether oxygens (including phenoxy) is 4. The van der Waals surface area contributed by atoms with Crippen LogP contribution in [0.15, 0.2) is 0 Å². The predicted molar refractivity (Wildman–Crippen MR) is 96.2 cm³/mol. The molecule has 2 fully saturated rings. The molecule has 2 aliphatic rings. The zero-order valence-electron chi connectivity index (χ0n) is 17.4. The van der Waals surface area contributed by atoms with Crippen molar-refractivity contribution in [2.45, 2.75) is 71.2 Å². The van der Waals surface area contributed by atoms with E-state index in [1.807, 2.05) is 0 Å². The molecule has 0 spiro atoms. The van der Waals surface area contributed by atoms with E-state index in [-0.39, 0.29) is 12.8 Å². The number of hydrogen-bond donors (Lipinski definition) is 1. The summed E-state index contributed by atoms with van der Waals surface area (Å²) >= 11 is 0. The van der Waals surface area contributed by atoms with Crippen molar-refractivity contribution in [1.82, 2.24) is 10.4 Å². The van der Waals surface area contributed by atoms with Crippen molar-refractivity contribution in [2.24, 2.45) is 0 Å². The molecule has 0 bridgehead atoms. The Kier molecular flexibility index (Phi) is 8.05. The monoisotopic (exact) mass is 444 g/mol. The molecule has 2 aliphatic heterocycles. The molecule has 0 aromatic rings. The zero-order valence-corrected chi connectivity index (χ0v) is 17.4. The summed E-state index contributed by atoms with van der Waals surface area (Å²) < 4.78 is 21.2. The summed E-state index contributed by atoms with van der Waals surface area (Å²) in [5.41, 5.74) is 0. The van der Waals surface area contributed by atoms with E-state index in [0.29, 0.717) is 5.06 Å². The molecule has 13 nitrogen and oxygen atoms in total. The molecule has 13 heteroatoms. The van der Waals surface area contributed by atoms with Crippen molar-refractivity contribution in [3.63, 3.8) is 0 Å². The fourth-order valence-electron chi connectivity index (χ4n) is 3.16. The molecule has 172 valence electrons. The minimum absolute atomic E-state index is 0.0727. The van der Waals surface area contributed by atoms with Gasteiger partial charge < -0.3 is 24.3 Å². The highest BCUT2D eigenvalue weighted by atomic mass is 16.8. The van der Waals surface area contributed by atoms with Crippen LogP contribution in [-0.2, 0) is 52.6 Å². The van der Waals surface area contributed by atoms with Gasteiger partial charge in [0.05, 0.1) is 0 Å². The van der Waals surface area contributed by atoms with Crippen LogP contribution in [-0.4, -0.2) is 77.9 Å². The van der Waals surface area contributed by atoms with Crippen LogP contribution in [0.4, 0.5) is 0 Å². The molecule has 5 atom stereocenters. The summed E-state index contributed by atoms with van der Waals surface area (Å²) in [6, 6.07) is -1.28. The number of rotatable bonds is 7. The van der Waals surface area contributed by atoms with E-state index >= 15 is 0 Å². The maximum Gasteiger partial charge on any atom is 0.303 e. The van der Waals surface area contributed by atoms with Gasteiger partial charge in [-0.05, 0) is 0 Å². The number of nitrogens with one attached hydrogen (secondary N) is 1. The Morgan fingerprint density at radius 1 is 0.935 bits per heavy atom. The van der Waals surface area contributed by atoms with E-state index in [1.54, 1.807) is 0 Å². The Morgan fingerprint density at radius 2 is 1.48 bits per heavy atom. The van der Waals surface area contributed by atoms with Crippen LogP contribution < -0.4 is 5.32 Å². The molecular weight excluding hydrogens is 420 g/mol. The summed E-state index contributed by atoms with van der Waals surface area (Å²) in [6.45, 7) is 4.07. The molecule has 2 unspecified atom stereocenters. The Balaban J connectivity index is 2.42. The maximum absolute atomic E-state index is 12.0. The van der Waals surface area contributed by atoms with Crippen LogP contribution in [0.25, 0.3) is 0 Å². The van der Waals surface area contributed by atoms with Gasteiger partial charge in [-0.2, -0.15) is 5.06 Å². The van der Waals surface area contributed by atoms with Crippen molar-refractivity contribution < 1.29 is 52.6 Å². The average Bonchev–Trinajstić information content (AvgIpc) is 2.95. The molecule has 0 aliphatic carbocycles. The first-order valence-corrected chi connectivity index (χ1v) is 9.42. The fourth-order valence-corrected chi connectivity index (χ4v) is 3.16. The molecule has 2 heterocycles. The maximum atomic E-state index is 12.0. The number of amides is 3. The number of nitrogens with zero attached hydrogens (tertiary/aromatic N) is 1. The lowest BCUT2D eigenvalue weighted by Gasteiger charge is -2.45. The lowest BCUT2D eigenvalue weighted by Crippen LogP contribution is -2.67. The Bertz CT molecular complexity index is 752. The molecule has 2 rings (SSSR count). The van der Waals surface area contributed by atoms with E-state index in [1.165, 1.54) is 6.92 Å². The highest BCUT2D eigenvalue weighted by Crippen LogP contribution is 2.29. The number of esters is 3. The smallest absolute Gasteiger partial charge is 0.303 e. The van der Waals surface area contributed by atoms with Gasteiger partial charge in [0.15, 0.2) is 12.2 Å². The Hall–Kier alpha value is -3.06. The lowest BCUT2D eigenvalue weighted by atomic mass is 9.96. The molecule has 2 saturated heterocycles. The topological polar surface area (TPSA) is 164 Å². The summed E-state index contributed by atoms with van der Waals surface area (Å²) in [5.74, 6) is -4.04. The molecule has 0 saturated carbocycles. The van der Waals surface area contributed by atoms with Gasteiger partial charge >= 0.3 is 17.9 Å². The number of hydroxylamine groups is 2. The summed E-state index contributed by atoms with van der Waals surface area (Å²) in [7, 11) is 0.